The quantitative estimate of drug-likeness (QED) is 0.867. The molecule has 0 spiro atoms. The minimum absolute atomic E-state index is 0.701. The van der Waals surface area contributed by atoms with Crippen molar-refractivity contribution in [1.29, 1.82) is 0 Å². The number of likely N-dealkylation sites (tertiary alicyclic amines) is 1. The SMILES string of the molecule is CC(C)C1CC(Nc2ccc(CN3CCCC3)cc2)C1. The van der Waals surface area contributed by atoms with Gasteiger partial charge in [-0.25, -0.2) is 0 Å². The van der Waals surface area contributed by atoms with E-state index in [4.69, 9.17) is 0 Å². The fourth-order valence-electron chi connectivity index (χ4n) is 3.47. The summed E-state index contributed by atoms with van der Waals surface area (Å²) in [5.74, 6) is 1.78. The van der Waals surface area contributed by atoms with Crippen LogP contribution in [0.2, 0.25) is 0 Å². The molecule has 0 radical (unpaired) electrons. The van der Waals surface area contributed by atoms with Crippen molar-refractivity contribution in [1.82, 2.24) is 4.90 Å². The molecule has 1 aliphatic heterocycles. The third-order valence-corrected chi connectivity index (χ3v) is 5.05. The molecule has 1 aromatic carbocycles. The number of benzene rings is 1. The summed E-state index contributed by atoms with van der Waals surface area (Å²) in [4.78, 5) is 2.56. The van der Waals surface area contributed by atoms with Crippen LogP contribution in [0.1, 0.15) is 45.1 Å². The van der Waals surface area contributed by atoms with Crippen molar-refractivity contribution >= 4 is 5.69 Å². The van der Waals surface area contributed by atoms with Crippen LogP contribution in [0.4, 0.5) is 5.69 Å². The maximum absolute atomic E-state index is 3.67. The van der Waals surface area contributed by atoms with E-state index in [1.165, 1.54) is 50.0 Å². The van der Waals surface area contributed by atoms with Crippen molar-refractivity contribution in [2.24, 2.45) is 11.8 Å². The molecule has 1 aliphatic carbocycles. The molecule has 0 bridgehead atoms. The summed E-state index contributed by atoms with van der Waals surface area (Å²) in [6, 6.07) is 9.80. The molecule has 1 N–H and O–H groups in total. The fraction of sp³-hybridized carbons (Fsp3) is 0.667. The maximum atomic E-state index is 3.67. The molecular formula is C18H28N2. The number of rotatable bonds is 5. The van der Waals surface area contributed by atoms with Crippen molar-refractivity contribution in [3.8, 4) is 0 Å². The molecule has 1 saturated heterocycles. The maximum Gasteiger partial charge on any atom is 0.0342 e. The van der Waals surface area contributed by atoms with Gasteiger partial charge in [0.05, 0.1) is 0 Å². The van der Waals surface area contributed by atoms with Gasteiger partial charge in [-0.1, -0.05) is 26.0 Å². The molecule has 2 heteroatoms. The van der Waals surface area contributed by atoms with Crippen molar-refractivity contribution in [2.75, 3.05) is 18.4 Å². The second kappa shape index (κ2) is 6.17. The number of hydrogen-bond donors (Lipinski definition) is 1. The van der Waals surface area contributed by atoms with Gasteiger partial charge in [-0.2, -0.15) is 0 Å². The highest BCUT2D eigenvalue weighted by Gasteiger charge is 2.30. The predicted octanol–water partition coefficient (Wildman–Crippen LogP) is 4.13. The van der Waals surface area contributed by atoms with Gasteiger partial charge in [-0.15, -0.1) is 0 Å². The summed E-state index contributed by atoms with van der Waals surface area (Å²) in [5.41, 5.74) is 2.74. The molecule has 20 heavy (non-hydrogen) atoms. The predicted molar refractivity (Wildman–Crippen MR) is 85.9 cm³/mol. The Balaban J connectivity index is 1.47. The average Bonchev–Trinajstić information content (AvgIpc) is 2.87. The van der Waals surface area contributed by atoms with Gasteiger partial charge < -0.3 is 5.32 Å². The molecule has 1 aromatic rings. The summed E-state index contributed by atoms with van der Waals surface area (Å²) in [5, 5.41) is 3.67. The average molecular weight is 272 g/mol. The normalized spacial score (nSPS) is 26.8. The lowest BCUT2D eigenvalue weighted by Crippen LogP contribution is -2.37. The van der Waals surface area contributed by atoms with Gasteiger partial charge in [0, 0.05) is 18.3 Å². The molecule has 2 fully saturated rings. The minimum atomic E-state index is 0.701. The molecule has 0 unspecified atom stereocenters. The summed E-state index contributed by atoms with van der Waals surface area (Å²) >= 11 is 0. The van der Waals surface area contributed by atoms with Crippen molar-refractivity contribution in [3.63, 3.8) is 0 Å². The van der Waals surface area contributed by atoms with E-state index in [1.807, 2.05) is 0 Å². The molecule has 0 aromatic heterocycles. The molecular weight excluding hydrogens is 244 g/mol. The second-order valence-corrected chi connectivity index (χ2v) is 7.00. The lowest BCUT2D eigenvalue weighted by atomic mass is 9.73. The minimum Gasteiger partial charge on any atom is -0.382 e. The van der Waals surface area contributed by atoms with Crippen LogP contribution in [-0.2, 0) is 6.54 Å². The van der Waals surface area contributed by atoms with Gasteiger partial charge in [-0.3, -0.25) is 4.90 Å². The largest absolute Gasteiger partial charge is 0.382 e. The van der Waals surface area contributed by atoms with Gasteiger partial charge in [-0.05, 0) is 68.3 Å². The molecule has 0 amide bonds. The molecule has 2 aliphatic rings. The molecule has 110 valence electrons. The number of hydrogen-bond acceptors (Lipinski definition) is 2. The van der Waals surface area contributed by atoms with Crippen molar-refractivity contribution < 1.29 is 0 Å². The Kier molecular flexibility index (Phi) is 4.30. The van der Waals surface area contributed by atoms with E-state index < -0.39 is 0 Å². The van der Waals surface area contributed by atoms with Gasteiger partial charge in [0.15, 0.2) is 0 Å². The van der Waals surface area contributed by atoms with Gasteiger partial charge in [0.2, 0.25) is 0 Å². The number of nitrogens with zero attached hydrogens (tertiary/aromatic N) is 1. The Hall–Kier alpha value is -1.02. The van der Waals surface area contributed by atoms with E-state index in [9.17, 15) is 0 Å². The standard InChI is InChI=1S/C18H28N2/c1-14(2)16-11-18(12-16)19-17-7-5-15(6-8-17)13-20-9-3-4-10-20/h5-8,14,16,18-19H,3-4,9-13H2,1-2H3. The smallest absolute Gasteiger partial charge is 0.0342 e. The Labute approximate surface area is 123 Å². The van der Waals surface area contributed by atoms with Gasteiger partial charge >= 0.3 is 0 Å². The number of nitrogens with one attached hydrogen (secondary N) is 1. The first-order valence-electron chi connectivity index (χ1n) is 8.28. The van der Waals surface area contributed by atoms with Gasteiger partial charge in [0.25, 0.3) is 0 Å². The zero-order chi connectivity index (χ0) is 13.9. The van der Waals surface area contributed by atoms with Crippen LogP contribution in [0.3, 0.4) is 0 Å². The van der Waals surface area contributed by atoms with Crippen LogP contribution in [0.25, 0.3) is 0 Å². The highest BCUT2D eigenvalue weighted by Crippen LogP contribution is 2.35. The Morgan fingerprint density at radius 1 is 1.10 bits per heavy atom. The second-order valence-electron chi connectivity index (χ2n) is 7.00. The first-order chi connectivity index (χ1) is 9.70. The molecule has 3 rings (SSSR count). The first-order valence-corrected chi connectivity index (χ1v) is 8.28. The summed E-state index contributed by atoms with van der Waals surface area (Å²) in [7, 11) is 0. The fourth-order valence-corrected chi connectivity index (χ4v) is 3.47. The third kappa shape index (κ3) is 3.35. The Morgan fingerprint density at radius 3 is 2.35 bits per heavy atom. The zero-order valence-electron chi connectivity index (χ0n) is 12.9. The Bertz CT molecular complexity index is 412. The number of anilines is 1. The van der Waals surface area contributed by atoms with Crippen LogP contribution in [0.5, 0.6) is 0 Å². The lowest BCUT2D eigenvalue weighted by molar-refractivity contribution is 0.212. The Morgan fingerprint density at radius 2 is 1.75 bits per heavy atom. The van der Waals surface area contributed by atoms with Crippen LogP contribution in [-0.4, -0.2) is 24.0 Å². The zero-order valence-corrected chi connectivity index (χ0v) is 12.9. The first kappa shape index (κ1) is 13.9. The van der Waals surface area contributed by atoms with E-state index in [2.05, 4.69) is 48.3 Å². The summed E-state index contributed by atoms with van der Waals surface area (Å²) in [6.07, 6.45) is 5.43. The van der Waals surface area contributed by atoms with Crippen molar-refractivity contribution in [3.05, 3.63) is 29.8 Å². The molecule has 1 saturated carbocycles. The highest BCUT2D eigenvalue weighted by atomic mass is 15.1. The van der Waals surface area contributed by atoms with Crippen LogP contribution in [0, 0.1) is 11.8 Å². The third-order valence-electron chi connectivity index (χ3n) is 5.05. The van der Waals surface area contributed by atoms with E-state index in [0.717, 1.165) is 18.4 Å². The molecule has 1 heterocycles. The molecule has 2 nitrogen and oxygen atoms in total. The topological polar surface area (TPSA) is 15.3 Å². The molecule has 0 atom stereocenters. The summed E-state index contributed by atoms with van der Waals surface area (Å²) < 4.78 is 0. The van der Waals surface area contributed by atoms with E-state index in [0.29, 0.717) is 6.04 Å². The van der Waals surface area contributed by atoms with Crippen LogP contribution < -0.4 is 5.32 Å². The van der Waals surface area contributed by atoms with E-state index >= 15 is 0 Å². The van der Waals surface area contributed by atoms with Crippen LogP contribution in [0.15, 0.2) is 24.3 Å². The summed E-state index contributed by atoms with van der Waals surface area (Å²) in [6.45, 7) is 8.36. The van der Waals surface area contributed by atoms with Crippen molar-refractivity contribution in [2.45, 2.75) is 52.1 Å². The van der Waals surface area contributed by atoms with E-state index in [-0.39, 0.29) is 0 Å². The van der Waals surface area contributed by atoms with Crippen LogP contribution >= 0.6 is 0 Å². The van der Waals surface area contributed by atoms with E-state index in [1.54, 1.807) is 0 Å². The monoisotopic (exact) mass is 272 g/mol. The highest BCUT2D eigenvalue weighted by molar-refractivity contribution is 5.46. The lowest BCUT2D eigenvalue weighted by Gasteiger charge is -2.39. The van der Waals surface area contributed by atoms with Gasteiger partial charge in [0.1, 0.15) is 0 Å².